The third kappa shape index (κ3) is 5.30. The number of hydrogen-bond donors (Lipinski definition) is 0. The van der Waals surface area contributed by atoms with E-state index in [0.717, 1.165) is 44.6 Å². The van der Waals surface area contributed by atoms with Gasteiger partial charge in [0.2, 0.25) is 0 Å². The summed E-state index contributed by atoms with van der Waals surface area (Å²) in [6.45, 7) is 0. The standard InChI is InChI=1S/C50H33NO/c1-2-9-34(10-3-1)41-23-29-47-48-30-28-44(33-50(48)52-49(47)32-41)51(42-24-19-36(20-25-42)40-18-17-35-11-4-5-13-39(35)31-40)43-26-21-38(22-27-43)46-16-8-14-37-12-6-7-15-45(37)46/h1-33H. The molecular weight excluding hydrogens is 631 g/mol. The van der Waals surface area contributed by atoms with Gasteiger partial charge in [0.15, 0.2) is 0 Å². The summed E-state index contributed by atoms with van der Waals surface area (Å²) in [6, 6.07) is 71.7. The number of anilines is 3. The second-order valence-corrected chi connectivity index (χ2v) is 13.4. The van der Waals surface area contributed by atoms with Crippen LogP contribution in [-0.2, 0) is 0 Å². The summed E-state index contributed by atoms with van der Waals surface area (Å²) in [5.74, 6) is 0. The van der Waals surface area contributed by atoms with Gasteiger partial charge in [-0.1, -0.05) is 140 Å². The molecule has 52 heavy (non-hydrogen) atoms. The summed E-state index contributed by atoms with van der Waals surface area (Å²) in [5.41, 5.74) is 12.1. The molecule has 1 aromatic heterocycles. The first-order valence-electron chi connectivity index (χ1n) is 17.7. The highest BCUT2D eigenvalue weighted by Crippen LogP contribution is 2.41. The quantitative estimate of drug-likeness (QED) is 0.176. The van der Waals surface area contributed by atoms with Gasteiger partial charge in [-0.15, -0.1) is 0 Å². The minimum Gasteiger partial charge on any atom is -0.456 e. The van der Waals surface area contributed by atoms with Crippen molar-refractivity contribution in [2.24, 2.45) is 0 Å². The number of furan rings is 1. The lowest BCUT2D eigenvalue weighted by molar-refractivity contribution is 0.669. The molecule has 244 valence electrons. The van der Waals surface area contributed by atoms with Gasteiger partial charge in [-0.3, -0.25) is 0 Å². The Morgan fingerprint density at radius 1 is 0.288 bits per heavy atom. The fourth-order valence-corrected chi connectivity index (χ4v) is 7.60. The van der Waals surface area contributed by atoms with Crippen LogP contribution in [0.3, 0.4) is 0 Å². The smallest absolute Gasteiger partial charge is 0.137 e. The zero-order chi connectivity index (χ0) is 34.4. The van der Waals surface area contributed by atoms with E-state index in [-0.39, 0.29) is 0 Å². The number of hydrogen-bond acceptors (Lipinski definition) is 2. The van der Waals surface area contributed by atoms with E-state index in [0.29, 0.717) is 0 Å². The Labute approximate surface area is 302 Å². The molecule has 10 rings (SSSR count). The fraction of sp³-hybridized carbons (Fsp3) is 0. The molecule has 0 saturated heterocycles. The Morgan fingerprint density at radius 2 is 0.827 bits per heavy atom. The van der Waals surface area contributed by atoms with Gasteiger partial charge < -0.3 is 9.32 Å². The van der Waals surface area contributed by atoms with Gasteiger partial charge in [-0.25, -0.2) is 0 Å². The maximum atomic E-state index is 6.58. The third-order valence-electron chi connectivity index (χ3n) is 10.3. The van der Waals surface area contributed by atoms with Gasteiger partial charge >= 0.3 is 0 Å². The predicted octanol–water partition coefficient (Wildman–Crippen LogP) is 14.4. The Balaban J connectivity index is 1.07. The van der Waals surface area contributed by atoms with Gasteiger partial charge in [-0.2, -0.15) is 0 Å². The molecule has 0 atom stereocenters. The topological polar surface area (TPSA) is 16.4 Å². The van der Waals surface area contributed by atoms with Crippen molar-refractivity contribution in [1.82, 2.24) is 0 Å². The summed E-state index contributed by atoms with van der Waals surface area (Å²) in [5, 5.41) is 7.21. The first-order chi connectivity index (χ1) is 25.7. The predicted molar refractivity (Wildman–Crippen MR) is 220 cm³/mol. The lowest BCUT2D eigenvalue weighted by Crippen LogP contribution is -2.09. The Hall–Kier alpha value is -6.90. The van der Waals surface area contributed by atoms with E-state index >= 15 is 0 Å². The lowest BCUT2D eigenvalue weighted by atomic mass is 9.98. The molecule has 0 N–H and O–H groups in total. The highest BCUT2D eigenvalue weighted by atomic mass is 16.3. The minimum absolute atomic E-state index is 0.864. The summed E-state index contributed by atoms with van der Waals surface area (Å²) < 4.78 is 6.58. The molecule has 9 aromatic carbocycles. The van der Waals surface area contributed by atoms with Crippen LogP contribution in [0.15, 0.2) is 205 Å². The SMILES string of the molecule is c1ccc(-c2ccc3c(c2)oc2cc(N(c4ccc(-c5ccc6ccccc6c5)cc4)c4ccc(-c5cccc6ccccc56)cc4)ccc23)cc1. The van der Waals surface area contributed by atoms with Crippen molar-refractivity contribution >= 4 is 60.5 Å². The van der Waals surface area contributed by atoms with Crippen molar-refractivity contribution in [2.45, 2.75) is 0 Å². The molecule has 10 aromatic rings. The van der Waals surface area contributed by atoms with E-state index in [2.05, 4.69) is 199 Å². The van der Waals surface area contributed by atoms with E-state index in [1.807, 2.05) is 6.07 Å². The monoisotopic (exact) mass is 663 g/mol. The molecule has 0 aliphatic carbocycles. The molecule has 0 saturated carbocycles. The van der Waals surface area contributed by atoms with E-state index < -0.39 is 0 Å². The number of benzene rings is 9. The molecule has 0 unspecified atom stereocenters. The number of nitrogens with zero attached hydrogens (tertiary/aromatic N) is 1. The summed E-state index contributed by atoms with van der Waals surface area (Å²) in [6.07, 6.45) is 0. The molecule has 2 heteroatoms. The van der Waals surface area contributed by atoms with Crippen LogP contribution < -0.4 is 4.90 Å². The number of fused-ring (bicyclic) bond motifs is 5. The number of rotatable bonds is 6. The molecule has 0 aliphatic rings. The van der Waals surface area contributed by atoms with Gasteiger partial charge in [0.1, 0.15) is 11.2 Å². The van der Waals surface area contributed by atoms with Gasteiger partial charge in [0.05, 0.1) is 0 Å². The van der Waals surface area contributed by atoms with Crippen molar-refractivity contribution in [3.8, 4) is 33.4 Å². The van der Waals surface area contributed by atoms with E-state index in [9.17, 15) is 0 Å². The Kier molecular flexibility index (Phi) is 7.18. The van der Waals surface area contributed by atoms with Crippen LogP contribution >= 0.6 is 0 Å². The Morgan fingerprint density at radius 3 is 1.62 bits per heavy atom. The first-order valence-corrected chi connectivity index (χ1v) is 17.7. The van der Waals surface area contributed by atoms with Crippen molar-refractivity contribution in [2.75, 3.05) is 4.90 Å². The van der Waals surface area contributed by atoms with Crippen LogP contribution in [0.5, 0.6) is 0 Å². The average molecular weight is 664 g/mol. The van der Waals surface area contributed by atoms with Crippen LogP contribution in [0, 0.1) is 0 Å². The van der Waals surface area contributed by atoms with Crippen LogP contribution in [0.2, 0.25) is 0 Å². The van der Waals surface area contributed by atoms with Crippen LogP contribution in [0.25, 0.3) is 76.9 Å². The second kappa shape index (κ2) is 12.5. The van der Waals surface area contributed by atoms with Crippen molar-refractivity contribution in [3.05, 3.63) is 200 Å². The second-order valence-electron chi connectivity index (χ2n) is 13.4. The largest absolute Gasteiger partial charge is 0.456 e. The summed E-state index contributed by atoms with van der Waals surface area (Å²) in [4.78, 5) is 2.32. The normalized spacial score (nSPS) is 11.5. The van der Waals surface area contributed by atoms with Crippen molar-refractivity contribution in [3.63, 3.8) is 0 Å². The summed E-state index contributed by atoms with van der Waals surface area (Å²) in [7, 11) is 0. The molecule has 1 heterocycles. The summed E-state index contributed by atoms with van der Waals surface area (Å²) >= 11 is 0. The molecule has 0 aliphatic heterocycles. The van der Waals surface area contributed by atoms with Crippen molar-refractivity contribution in [1.29, 1.82) is 0 Å². The Bertz CT molecular complexity index is 2880. The van der Waals surface area contributed by atoms with Crippen LogP contribution in [0.1, 0.15) is 0 Å². The lowest BCUT2D eigenvalue weighted by Gasteiger charge is -2.26. The van der Waals surface area contributed by atoms with Gasteiger partial charge in [0.25, 0.3) is 0 Å². The third-order valence-corrected chi connectivity index (χ3v) is 10.3. The maximum absolute atomic E-state index is 6.58. The zero-order valence-corrected chi connectivity index (χ0v) is 28.4. The molecule has 0 amide bonds. The molecule has 0 bridgehead atoms. The van der Waals surface area contributed by atoms with Crippen LogP contribution in [0.4, 0.5) is 17.1 Å². The molecule has 0 radical (unpaired) electrons. The highest BCUT2D eigenvalue weighted by molar-refractivity contribution is 6.07. The molecular formula is C50H33NO. The maximum Gasteiger partial charge on any atom is 0.137 e. The molecule has 0 fully saturated rings. The fourth-order valence-electron chi connectivity index (χ4n) is 7.60. The molecule has 2 nitrogen and oxygen atoms in total. The molecule has 0 spiro atoms. The van der Waals surface area contributed by atoms with Gasteiger partial charge in [-0.05, 0) is 110 Å². The average Bonchev–Trinajstić information content (AvgIpc) is 3.59. The van der Waals surface area contributed by atoms with E-state index in [4.69, 9.17) is 4.42 Å². The van der Waals surface area contributed by atoms with Crippen LogP contribution in [-0.4, -0.2) is 0 Å². The first kappa shape index (κ1) is 30.0. The van der Waals surface area contributed by atoms with Gasteiger partial charge in [0, 0.05) is 33.9 Å². The zero-order valence-electron chi connectivity index (χ0n) is 28.4. The van der Waals surface area contributed by atoms with E-state index in [1.165, 1.54) is 49.4 Å². The van der Waals surface area contributed by atoms with Crippen molar-refractivity contribution < 1.29 is 4.42 Å². The minimum atomic E-state index is 0.864. The highest BCUT2D eigenvalue weighted by Gasteiger charge is 2.17. The van der Waals surface area contributed by atoms with E-state index in [1.54, 1.807) is 0 Å².